The molecule has 0 aliphatic carbocycles. The van der Waals surface area contributed by atoms with E-state index >= 15 is 0 Å². The maximum Gasteiger partial charge on any atom is 0.0632 e. The van der Waals surface area contributed by atoms with E-state index in [-0.39, 0.29) is 0 Å². The molecule has 0 saturated carbocycles. The van der Waals surface area contributed by atoms with Crippen LogP contribution < -0.4 is 5.32 Å². The fourth-order valence-electron chi connectivity index (χ4n) is 1.53. The van der Waals surface area contributed by atoms with Crippen LogP contribution >= 0.6 is 0 Å². The number of rotatable bonds is 4. The standard InChI is InChI=1S/C9H20N2O/c1-3-11(4-2)7-9-8-12-6-5-10-9/h9-10H,3-8H2,1-2H3. The topological polar surface area (TPSA) is 24.5 Å². The molecule has 0 spiro atoms. The fraction of sp³-hybridized carbons (Fsp3) is 1.00. The first-order chi connectivity index (χ1) is 5.86. The van der Waals surface area contributed by atoms with Crippen LogP contribution in [0.2, 0.25) is 0 Å². The molecule has 1 saturated heterocycles. The van der Waals surface area contributed by atoms with Gasteiger partial charge in [0.1, 0.15) is 0 Å². The zero-order valence-electron chi connectivity index (χ0n) is 8.18. The molecule has 1 N–H and O–H groups in total. The summed E-state index contributed by atoms with van der Waals surface area (Å²) in [5, 5.41) is 3.45. The Morgan fingerprint density at radius 1 is 1.42 bits per heavy atom. The highest BCUT2D eigenvalue weighted by atomic mass is 16.5. The van der Waals surface area contributed by atoms with Crippen LogP contribution in [0.25, 0.3) is 0 Å². The highest BCUT2D eigenvalue weighted by molar-refractivity contribution is 4.73. The molecular formula is C9H20N2O. The minimum absolute atomic E-state index is 0.540. The summed E-state index contributed by atoms with van der Waals surface area (Å²) < 4.78 is 5.38. The Bertz CT molecular complexity index is 109. The highest BCUT2D eigenvalue weighted by Gasteiger charge is 2.14. The van der Waals surface area contributed by atoms with Crippen molar-refractivity contribution in [3.63, 3.8) is 0 Å². The Labute approximate surface area is 75.1 Å². The van der Waals surface area contributed by atoms with Crippen molar-refractivity contribution in [1.29, 1.82) is 0 Å². The van der Waals surface area contributed by atoms with E-state index < -0.39 is 0 Å². The lowest BCUT2D eigenvalue weighted by atomic mass is 10.2. The molecule has 0 amide bonds. The van der Waals surface area contributed by atoms with Gasteiger partial charge < -0.3 is 15.0 Å². The minimum Gasteiger partial charge on any atom is -0.378 e. The molecule has 1 aliphatic rings. The molecule has 0 aromatic carbocycles. The Balaban J connectivity index is 2.18. The van der Waals surface area contributed by atoms with Gasteiger partial charge in [-0.05, 0) is 13.1 Å². The summed E-state index contributed by atoms with van der Waals surface area (Å²) in [4.78, 5) is 2.42. The lowest BCUT2D eigenvalue weighted by Gasteiger charge is -2.29. The van der Waals surface area contributed by atoms with E-state index in [1.807, 2.05) is 0 Å². The van der Waals surface area contributed by atoms with Crippen LogP contribution in [0.5, 0.6) is 0 Å². The second kappa shape index (κ2) is 5.51. The molecule has 0 aromatic rings. The average Bonchev–Trinajstić information content (AvgIpc) is 2.16. The van der Waals surface area contributed by atoms with Gasteiger partial charge in [0.05, 0.1) is 13.2 Å². The van der Waals surface area contributed by atoms with Crippen molar-refractivity contribution >= 4 is 0 Å². The first kappa shape index (κ1) is 9.96. The van der Waals surface area contributed by atoms with Gasteiger partial charge in [-0.3, -0.25) is 0 Å². The number of hydrogen-bond acceptors (Lipinski definition) is 3. The molecule has 0 radical (unpaired) electrons. The summed E-state index contributed by atoms with van der Waals surface area (Å²) in [6.07, 6.45) is 0. The Hall–Kier alpha value is -0.120. The van der Waals surface area contributed by atoms with Crippen molar-refractivity contribution in [3.05, 3.63) is 0 Å². The van der Waals surface area contributed by atoms with Crippen LogP contribution in [-0.4, -0.2) is 50.3 Å². The van der Waals surface area contributed by atoms with E-state index in [1.54, 1.807) is 0 Å². The summed E-state index contributed by atoms with van der Waals surface area (Å²) in [6, 6.07) is 0.540. The summed E-state index contributed by atoms with van der Waals surface area (Å²) in [7, 11) is 0. The number of ether oxygens (including phenoxy) is 1. The molecule has 1 heterocycles. The summed E-state index contributed by atoms with van der Waals surface area (Å²) in [5.41, 5.74) is 0. The largest absolute Gasteiger partial charge is 0.378 e. The van der Waals surface area contributed by atoms with Crippen molar-refractivity contribution in [2.24, 2.45) is 0 Å². The molecular weight excluding hydrogens is 152 g/mol. The summed E-state index contributed by atoms with van der Waals surface area (Å²) in [5.74, 6) is 0. The van der Waals surface area contributed by atoms with Gasteiger partial charge in [0.15, 0.2) is 0 Å². The van der Waals surface area contributed by atoms with Gasteiger partial charge >= 0.3 is 0 Å². The number of likely N-dealkylation sites (N-methyl/N-ethyl adjacent to an activating group) is 1. The molecule has 0 bridgehead atoms. The number of nitrogens with one attached hydrogen (secondary N) is 1. The van der Waals surface area contributed by atoms with Gasteiger partial charge in [-0.1, -0.05) is 13.8 Å². The smallest absolute Gasteiger partial charge is 0.0632 e. The molecule has 3 heteroatoms. The average molecular weight is 172 g/mol. The van der Waals surface area contributed by atoms with Crippen molar-refractivity contribution in [2.45, 2.75) is 19.9 Å². The van der Waals surface area contributed by atoms with Crippen LogP contribution in [-0.2, 0) is 4.74 Å². The van der Waals surface area contributed by atoms with Gasteiger partial charge in [-0.15, -0.1) is 0 Å². The fourth-order valence-corrected chi connectivity index (χ4v) is 1.53. The predicted octanol–water partition coefficient (Wildman–Crippen LogP) is 0.317. The number of hydrogen-bond donors (Lipinski definition) is 1. The predicted molar refractivity (Wildman–Crippen MR) is 50.4 cm³/mol. The lowest BCUT2D eigenvalue weighted by molar-refractivity contribution is 0.0633. The van der Waals surface area contributed by atoms with Gasteiger partial charge in [0.2, 0.25) is 0 Å². The van der Waals surface area contributed by atoms with Crippen molar-refractivity contribution < 1.29 is 4.74 Å². The Kier molecular flexibility index (Phi) is 4.58. The van der Waals surface area contributed by atoms with E-state index in [2.05, 4.69) is 24.1 Å². The lowest BCUT2D eigenvalue weighted by Crippen LogP contribution is -2.48. The maximum atomic E-state index is 5.38. The van der Waals surface area contributed by atoms with Crippen molar-refractivity contribution in [2.75, 3.05) is 39.4 Å². The molecule has 72 valence electrons. The third-order valence-electron chi connectivity index (χ3n) is 2.37. The van der Waals surface area contributed by atoms with Crippen LogP contribution in [0, 0.1) is 0 Å². The third-order valence-corrected chi connectivity index (χ3v) is 2.37. The molecule has 12 heavy (non-hydrogen) atoms. The first-order valence-corrected chi connectivity index (χ1v) is 4.90. The van der Waals surface area contributed by atoms with Crippen LogP contribution in [0.1, 0.15) is 13.8 Å². The zero-order chi connectivity index (χ0) is 8.81. The molecule has 0 aromatic heterocycles. The van der Waals surface area contributed by atoms with E-state index in [1.165, 1.54) is 0 Å². The number of nitrogens with zero attached hydrogens (tertiary/aromatic N) is 1. The summed E-state index contributed by atoms with van der Waals surface area (Å²) in [6.45, 7) is 10.5. The molecule has 1 rings (SSSR count). The monoisotopic (exact) mass is 172 g/mol. The molecule has 3 nitrogen and oxygen atoms in total. The van der Waals surface area contributed by atoms with Crippen LogP contribution in [0.15, 0.2) is 0 Å². The van der Waals surface area contributed by atoms with E-state index in [0.717, 1.165) is 39.4 Å². The van der Waals surface area contributed by atoms with E-state index in [9.17, 15) is 0 Å². The molecule has 1 atom stereocenters. The highest BCUT2D eigenvalue weighted by Crippen LogP contribution is 1.96. The van der Waals surface area contributed by atoms with Gasteiger partial charge in [-0.25, -0.2) is 0 Å². The quantitative estimate of drug-likeness (QED) is 0.661. The second-order valence-electron chi connectivity index (χ2n) is 3.21. The van der Waals surface area contributed by atoms with Gasteiger partial charge in [0, 0.05) is 19.1 Å². The molecule has 1 fully saturated rings. The van der Waals surface area contributed by atoms with Crippen molar-refractivity contribution in [3.8, 4) is 0 Å². The van der Waals surface area contributed by atoms with Gasteiger partial charge in [0.25, 0.3) is 0 Å². The maximum absolute atomic E-state index is 5.38. The Morgan fingerprint density at radius 2 is 2.17 bits per heavy atom. The SMILES string of the molecule is CCN(CC)CC1COCCN1. The second-order valence-corrected chi connectivity index (χ2v) is 3.21. The summed E-state index contributed by atoms with van der Waals surface area (Å²) >= 11 is 0. The molecule has 1 unspecified atom stereocenters. The normalized spacial score (nSPS) is 24.8. The minimum atomic E-state index is 0.540. The van der Waals surface area contributed by atoms with Crippen molar-refractivity contribution in [1.82, 2.24) is 10.2 Å². The van der Waals surface area contributed by atoms with E-state index in [0.29, 0.717) is 6.04 Å². The molecule has 1 aliphatic heterocycles. The zero-order valence-corrected chi connectivity index (χ0v) is 8.18. The van der Waals surface area contributed by atoms with Crippen LogP contribution in [0.4, 0.5) is 0 Å². The number of morpholine rings is 1. The van der Waals surface area contributed by atoms with Crippen LogP contribution in [0.3, 0.4) is 0 Å². The first-order valence-electron chi connectivity index (χ1n) is 4.90. The van der Waals surface area contributed by atoms with E-state index in [4.69, 9.17) is 4.74 Å². The third kappa shape index (κ3) is 3.09. The van der Waals surface area contributed by atoms with Gasteiger partial charge in [-0.2, -0.15) is 0 Å². The Morgan fingerprint density at radius 3 is 2.67 bits per heavy atom.